The Morgan fingerprint density at radius 1 is 1.09 bits per heavy atom. The maximum absolute atomic E-state index is 11.9. The van der Waals surface area contributed by atoms with Crippen LogP contribution in [0.1, 0.15) is 6.92 Å². The van der Waals surface area contributed by atoms with Gasteiger partial charge in [-0.3, -0.25) is 20.3 Å². The number of nitrogens with one attached hydrogen (secondary N) is 2. The summed E-state index contributed by atoms with van der Waals surface area (Å²) >= 11 is 0. The molecule has 0 unspecified atom stereocenters. The minimum absolute atomic E-state index is 0.0699. The van der Waals surface area contributed by atoms with Crippen molar-refractivity contribution >= 4 is 21.6 Å². The van der Waals surface area contributed by atoms with Gasteiger partial charge < -0.3 is 0 Å². The second-order valence-electron chi connectivity index (χ2n) is 4.59. The molecule has 2 N–H and O–H groups in total. The van der Waals surface area contributed by atoms with Crippen LogP contribution in [0.2, 0.25) is 0 Å². The van der Waals surface area contributed by atoms with Crippen molar-refractivity contribution < 1.29 is 18.1 Å². The predicted molar refractivity (Wildman–Crippen MR) is 82.7 cm³/mol. The van der Waals surface area contributed by atoms with Gasteiger partial charge in [-0.1, -0.05) is 24.3 Å². The van der Waals surface area contributed by atoms with Crippen molar-refractivity contribution in [3.63, 3.8) is 0 Å². The van der Waals surface area contributed by atoms with Crippen molar-refractivity contribution in [3.8, 4) is 11.1 Å². The summed E-state index contributed by atoms with van der Waals surface area (Å²) in [7, 11) is -3.90. The Balaban J connectivity index is 2.34. The summed E-state index contributed by atoms with van der Waals surface area (Å²) in [5, 5.41) is 11.0. The van der Waals surface area contributed by atoms with Gasteiger partial charge in [0.2, 0.25) is 5.91 Å². The molecular formula is C14H13N3O5S. The summed E-state index contributed by atoms with van der Waals surface area (Å²) in [4.78, 5) is 23.1. The average Bonchev–Trinajstić information content (AvgIpc) is 2.53. The Morgan fingerprint density at radius 2 is 1.70 bits per heavy atom. The Bertz CT molecular complexity index is 847. The zero-order valence-electron chi connectivity index (χ0n) is 12.0. The van der Waals surface area contributed by atoms with Gasteiger partial charge in [0, 0.05) is 13.0 Å². The van der Waals surface area contributed by atoms with E-state index in [0.717, 1.165) is 0 Å². The fourth-order valence-electron chi connectivity index (χ4n) is 1.89. The second-order valence-corrected chi connectivity index (χ2v) is 6.27. The third-order valence-corrected chi connectivity index (χ3v) is 4.20. The van der Waals surface area contributed by atoms with E-state index in [2.05, 4.69) is 0 Å². The molecule has 0 heterocycles. The van der Waals surface area contributed by atoms with Crippen LogP contribution in [0.4, 0.5) is 5.69 Å². The Hall–Kier alpha value is -2.78. The number of nitro benzene ring substituents is 1. The Kier molecular flexibility index (Phi) is 4.72. The van der Waals surface area contributed by atoms with Crippen molar-refractivity contribution in [2.45, 2.75) is 11.8 Å². The van der Waals surface area contributed by atoms with Crippen molar-refractivity contribution in [1.29, 1.82) is 0 Å². The minimum Gasteiger partial charge on any atom is -0.278 e. The molecule has 2 aromatic rings. The van der Waals surface area contributed by atoms with Gasteiger partial charge >= 0.3 is 0 Å². The van der Waals surface area contributed by atoms with E-state index in [4.69, 9.17) is 0 Å². The summed E-state index contributed by atoms with van der Waals surface area (Å²) < 4.78 is 23.9. The van der Waals surface area contributed by atoms with Crippen LogP contribution in [0.15, 0.2) is 53.4 Å². The van der Waals surface area contributed by atoms with Gasteiger partial charge in [0.25, 0.3) is 15.7 Å². The standard InChI is InChI=1S/C14H13N3O5S/c1-10(18)15-16-23(21,22)12-8-6-11(7-9-12)13-4-2-3-5-14(13)17(19)20/h2-9,16H,1H3,(H,15,18). The maximum atomic E-state index is 11.9. The van der Waals surface area contributed by atoms with Crippen molar-refractivity contribution in [1.82, 2.24) is 10.3 Å². The van der Waals surface area contributed by atoms with Gasteiger partial charge in [0.15, 0.2) is 0 Å². The second kappa shape index (κ2) is 6.55. The highest BCUT2D eigenvalue weighted by molar-refractivity contribution is 7.89. The van der Waals surface area contributed by atoms with Gasteiger partial charge in [0.1, 0.15) is 0 Å². The molecule has 0 saturated heterocycles. The van der Waals surface area contributed by atoms with E-state index in [0.29, 0.717) is 11.1 Å². The first-order chi connectivity index (χ1) is 10.8. The maximum Gasteiger partial charge on any atom is 0.277 e. The first-order valence-electron chi connectivity index (χ1n) is 6.43. The van der Waals surface area contributed by atoms with Crippen LogP contribution in [0, 0.1) is 10.1 Å². The number of carbonyl (C=O) groups excluding carboxylic acids is 1. The number of carbonyl (C=O) groups is 1. The zero-order valence-corrected chi connectivity index (χ0v) is 12.8. The predicted octanol–water partition coefficient (Wildman–Crippen LogP) is 1.59. The summed E-state index contributed by atoms with van der Waals surface area (Å²) in [6.45, 7) is 1.17. The molecule has 0 aliphatic rings. The molecule has 1 amide bonds. The molecule has 0 fully saturated rings. The number of amides is 1. The molecule has 2 aromatic carbocycles. The highest BCUT2D eigenvalue weighted by atomic mass is 32.2. The van der Waals surface area contributed by atoms with Crippen LogP contribution in [-0.4, -0.2) is 19.2 Å². The number of nitro groups is 1. The molecule has 0 aromatic heterocycles. The molecule has 0 bridgehead atoms. The van der Waals surface area contributed by atoms with Crippen LogP contribution < -0.4 is 10.3 Å². The van der Waals surface area contributed by atoms with E-state index in [1.807, 2.05) is 10.3 Å². The number of hydrogen-bond acceptors (Lipinski definition) is 5. The van der Waals surface area contributed by atoms with E-state index in [1.54, 1.807) is 18.2 Å². The molecule has 9 heteroatoms. The van der Waals surface area contributed by atoms with E-state index >= 15 is 0 Å². The van der Waals surface area contributed by atoms with Gasteiger partial charge in [0.05, 0.1) is 15.4 Å². The quantitative estimate of drug-likeness (QED) is 0.635. The normalized spacial score (nSPS) is 11.0. The molecule has 120 valence electrons. The molecule has 0 radical (unpaired) electrons. The highest BCUT2D eigenvalue weighted by Gasteiger charge is 2.17. The van der Waals surface area contributed by atoms with E-state index < -0.39 is 20.9 Å². The summed E-state index contributed by atoms with van der Waals surface area (Å²) in [6.07, 6.45) is 0. The van der Waals surface area contributed by atoms with Crippen LogP contribution in [-0.2, 0) is 14.8 Å². The molecule has 0 saturated carbocycles. The number of sulfonamides is 1. The van der Waals surface area contributed by atoms with Gasteiger partial charge in [-0.25, -0.2) is 8.42 Å². The Morgan fingerprint density at radius 3 is 2.26 bits per heavy atom. The molecule has 8 nitrogen and oxygen atoms in total. The average molecular weight is 335 g/mol. The smallest absolute Gasteiger partial charge is 0.277 e. The topological polar surface area (TPSA) is 118 Å². The van der Waals surface area contributed by atoms with E-state index in [9.17, 15) is 23.3 Å². The molecule has 0 atom stereocenters. The van der Waals surface area contributed by atoms with Crippen LogP contribution in [0.5, 0.6) is 0 Å². The van der Waals surface area contributed by atoms with Crippen molar-refractivity contribution in [2.75, 3.05) is 0 Å². The number of nitrogens with zero attached hydrogens (tertiary/aromatic N) is 1. The molecule has 0 aliphatic heterocycles. The first kappa shape index (κ1) is 16.6. The lowest BCUT2D eigenvalue weighted by atomic mass is 10.0. The first-order valence-corrected chi connectivity index (χ1v) is 7.92. The lowest BCUT2D eigenvalue weighted by Gasteiger charge is -2.08. The number of benzene rings is 2. The molecule has 2 rings (SSSR count). The number of para-hydroxylation sites is 1. The number of hydrazine groups is 1. The SMILES string of the molecule is CC(=O)NNS(=O)(=O)c1ccc(-c2ccccc2[N+](=O)[O-])cc1. The molecule has 0 aliphatic carbocycles. The fourth-order valence-corrected chi connectivity index (χ4v) is 2.78. The van der Waals surface area contributed by atoms with Gasteiger partial charge in [-0.15, -0.1) is 4.83 Å². The molecule has 0 spiro atoms. The zero-order chi connectivity index (χ0) is 17.0. The largest absolute Gasteiger partial charge is 0.278 e. The third kappa shape index (κ3) is 3.90. The molecule has 23 heavy (non-hydrogen) atoms. The number of rotatable bonds is 5. The monoisotopic (exact) mass is 335 g/mol. The van der Waals surface area contributed by atoms with Crippen LogP contribution in [0.3, 0.4) is 0 Å². The van der Waals surface area contributed by atoms with E-state index in [1.165, 1.54) is 37.3 Å². The van der Waals surface area contributed by atoms with Gasteiger partial charge in [-0.2, -0.15) is 0 Å². The fraction of sp³-hybridized carbons (Fsp3) is 0.0714. The highest BCUT2D eigenvalue weighted by Crippen LogP contribution is 2.29. The lowest BCUT2D eigenvalue weighted by molar-refractivity contribution is -0.384. The molecular weight excluding hydrogens is 322 g/mol. The summed E-state index contributed by atoms with van der Waals surface area (Å²) in [5.74, 6) is -0.551. The summed E-state index contributed by atoms with van der Waals surface area (Å²) in [6, 6.07) is 11.7. The number of hydrogen-bond donors (Lipinski definition) is 2. The van der Waals surface area contributed by atoms with Crippen molar-refractivity contribution in [3.05, 3.63) is 58.6 Å². The minimum atomic E-state index is -3.90. The third-order valence-electron chi connectivity index (χ3n) is 2.94. The summed E-state index contributed by atoms with van der Waals surface area (Å²) in [5.41, 5.74) is 2.81. The van der Waals surface area contributed by atoms with E-state index in [-0.39, 0.29) is 10.6 Å². The Labute approximate surface area is 132 Å². The van der Waals surface area contributed by atoms with Crippen LogP contribution >= 0.6 is 0 Å². The van der Waals surface area contributed by atoms with Gasteiger partial charge in [-0.05, 0) is 23.8 Å². The van der Waals surface area contributed by atoms with Crippen molar-refractivity contribution in [2.24, 2.45) is 0 Å². The van der Waals surface area contributed by atoms with Crippen LogP contribution in [0.25, 0.3) is 11.1 Å². The lowest BCUT2D eigenvalue weighted by Crippen LogP contribution is -2.40.